The highest BCUT2D eigenvalue weighted by molar-refractivity contribution is 7.21. The zero-order chi connectivity index (χ0) is 21.5. The Balaban J connectivity index is 1.59. The van der Waals surface area contributed by atoms with Gasteiger partial charge in [-0.05, 0) is 60.8 Å². The molecule has 0 aromatic heterocycles. The van der Waals surface area contributed by atoms with E-state index in [2.05, 4.69) is 57.7 Å². The highest BCUT2D eigenvalue weighted by atomic mass is 32.1. The van der Waals surface area contributed by atoms with Crippen LogP contribution in [0.2, 0.25) is 0 Å². The van der Waals surface area contributed by atoms with Crippen molar-refractivity contribution in [2.75, 3.05) is 18.0 Å². The first kappa shape index (κ1) is 21.3. The van der Waals surface area contributed by atoms with Crippen LogP contribution in [-0.4, -0.2) is 18.1 Å². The van der Waals surface area contributed by atoms with Crippen LogP contribution in [-0.2, 0) is 6.42 Å². The summed E-state index contributed by atoms with van der Waals surface area (Å²) in [5.41, 5.74) is 4.85. The van der Waals surface area contributed by atoms with Gasteiger partial charge >= 0.3 is 0 Å². The fraction of sp³-hybridized carbons (Fsp3) is 0.538. The quantitative estimate of drug-likeness (QED) is 0.395. The van der Waals surface area contributed by atoms with Crippen molar-refractivity contribution in [3.8, 4) is 10.6 Å². The Morgan fingerprint density at radius 3 is 2.50 bits per heavy atom. The summed E-state index contributed by atoms with van der Waals surface area (Å²) in [5, 5.41) is 0. The second kappa shape index (κ2) is 7.96. The van der Waals surface area contributed by atoms with E-state index in [-0.39, 0.29) is 10.8 Å². The Bertz CT molecular complexity index is 1080. The Labute approximate surface area is 184 Å². The largest absolute Gasteiger partial charge is 0.371 e. The summed E-state index contributed by atoms with van der Waals surface area (Å²) in [7, 11) is 0. The van der Waals surface area contributed by atoms with Gasteiger partial charge in [-0.2, -0.15) is 0 Å². The Kier molecular flexibility index (Phi) is 5.65. The van der Waals surface area contributed by atoms with Crippen LogP contribution in [0, 0.1) is 10.8 Å². The van der Waals surface area contributed by atoms with Gasteiger partial charge in [0.15, 0.2) is 5.43 Å². The second-order valence-corrected chi connectivity index (χ2v) is 11.6. The van der Waals surface area contributed by atoms with Crippen molar-refractivity contribution in [2.45, 2.75) is 66.7 Å². The van der Waals surface area contributed by atoms with Gasteiger partial charge in [-0.3, -0.25) is 4.79 Å². The molecule has 4 heteroatoms. The number of nitrogens with zero attached hydrogens (tertiary/aromatic N) is 2. The van der Waals surface area contributed by atoms with Crippen molar-refractivity contribution in [3.63, 3.8) is 0 Å². The fourth-order valence-electron chi connectivity index (χ4n) is 4.64. The molecule has 0 amide bonds. The third-order valence-electron chi connectivity index (χ3n) is 6.75. The lowest BCUT2D eigenvalue weighted by molar-refractivity contribution is 0.177. The number of anilines is 1. The van der Waals surface area contributed by atoms with Crippen molar-refractivity contribution in [1.82, 2.24) is 4.98 Å². The van der Waals surface area contributed by atoms with E-state index in [1.807, 2.05) is 6.07 Å². The molecule has 1 aromatic carbocycles. The maximum absolute atomic E-state index is 12.8. The first-order chi connectivity index (χ1) is 14.2. The number of rotatable bonds is 7. The minimum absolute atomic E-state index is 0.157. The predicted octanol–water partition coefficient (Wildman–Crippen LogP) is 6.76. The molecule has 160 valence electrons. The molecule has 0 spiro atoms. The standard InChI is InChI=1S/C26H34N2OS/c1-6-25(2,3)17-26(4,5)11-10-18-14-21-24(16-22(18)29)30-23-15-19(28-12-7-13-28)8-9-20(23)27-21/h8-9,14-16H,6-7,10-13,17H2,1-5H3. The number of hydrogen-bond donors (Lipinski definition) is 0. The topological polar surface area (TPSA) is 33.2 Å². The lowest BCUT2D eigenvalue weighted by Crippen LogP contribution is -2.36. The molecule has 2 aliphatic heterocycles. The molecule has 3 aliphatic rings. The molecule has 1 aromatic rings. The number of fused-ring (bicyclic) bond motifs is 2. The van der Waals surface area contributed by atoms with E-state index in [1.165, 1.54) is 24.9 Å². The van der Waals surface area contributed by atoms with Gasteiger partial charge in [-0.1, -0.05) is 41.0 Å². The molecule has 0 unspecified atom stereocenters. The summed E-state index contributed by atoms with van der Waals surface area (Å²) in [5.74, 6) is 0. The van der Waals surface area contributed by atoms with E-state index in [1.54, 1.807) is 17.4 Å². The maximum Gasteiger partial charge on any atom is 0.183 e. The molecule has 0 N–H and O–H groups in total. The number of hydrogen-bond acceptors (Lipinski definition) is 4. The monoisotopic (exact) mass is 422 g/mol. The molecule has 0 saturated carbocycles. The van der Waals surface area contributed by atoms with Crippen LogP contribution in [0.1, 0.15) is 65.9 Å². The van der Waals surface area contributed by atoms with Gasteiger partial charge in [0.05, 0.1) is 20.8 Å². The zero-order valence-corrected chi connectivity index (χ0v) is 19.9. The van der Waals surface area contributed by atoms with Gasteiger partial charge in [-0.15, -0.1) is 11.3 Å². The van der Waals surface area contributed by atoms with Gasteiger partial charge in [0, 0.05) is 30.4 Å². The molecule has 0 atom stereocenters. The summed E-state index contributed by atoms with van der Waals surface area (Å²) < 4.78 is 1.15. The van der Waals surface area contributed by atoms with E-state index in [9.17, 15) is 4.79 Å². The third kappa shape index (κ3) is 4.54. The summed E-state index contributed by atoms with van der Waals surface area (Å²) >= 11 is 1.69. The summed E-state index contributed by atoms with van der Waals surface area (Å²) in [6.07, 6.45) is 5.46. The number of benzene rings is 2. The van der Waals surface area contributed by atoms with Crippen molar-refractivity contribution in [2.24, 2.45) is 10.8 Å². The highest BCUT2D eigenvalue weighted by Gasteiger charge is 2.27. The normalized spacial score (nSPS) is 15.0. The van der Waals surface area contributed by atoms with Crippen molar-refractivity contribution in [3.05, 3.63) is 46.1 Å². The van der Waals surface area contributed by atoms with Crippen LogP contribution in [0.5, 0.6) is 0 Å². The summed E-state index contributed by atoms with van der Waals surface area (Å²) in [4.78, 5) is 21.1. The van der Waals surface area contributed by atoms with E-state index < -0.39 is 0 Å². The maximum atomic E-state index is 12.8. The molecule has 1 saturated heterocycles. The Morgan fingerprint density at radius 1 is 1.07 bits per heavy atom. The molecule has 2 heterocycles. The molecule has 0 bridgehead atoms. The fourth-order valence-corrected chi connectivity index (χ4v) is 5.65. The van der Waals surface area contributed by atoms with E-state index >= 15 is 0 Å². The van der Waals surface area contributed by atoms with Crippen molar-refractivity contribution in [1.29, 1.82) is 0 Å². The lowest BCUT2D eigenvalue weighted by atomic mass is 9.71. The van der Waals surface area contributed by atoms with Crippen LogP contribution in [0.3, 0.4) is 0 Å². The van der Waals surface area contributed by atoms with Crippen molar-refractivity contribution >= 4 is 27.2 Å². The van der Waals surface area contributed by atoms with Gasteiger partial charge < -0.3 is 4.90 Å². The molecule has 1 aliphatic carbocycles. The van der Waals surface area contributed by atoms with Gasteiger partial charge in [0.1, 0.15) is 0 Å². The van der Waals surface area contributed by atoms with Crippen LogP contribution < -0.4 is 10.3 Å². The Hall–Kier alpha value is -1.94. The smallest absolute Gasteiger partial charge is 0.183 e. The molecule has 4 rings (SSSR count). The lowest BCUT2D eigenvalue weighted by Gasteiger charge is -2.34. The third-order valence-corrected chi connectivity index (χ3v) is 7.85. The van der Waals surface area contributed by atoms with Gasteiger partial charge in [0.25, 0.3) is 0 Å². The van der Waals surface area contributed by atoms with Gasteiger partial charge in [0.2, 0.25) is 0 Å². The molecular weight excluding hydrogens is 388 g/mol. The van der Waals surface area contributed by atoms with E-state index in [4.69, 9.17) is 4.98 Å². The molecule has 1 fully saturated rings. The van der Waals surface area contributed by atoms with Crippen LogP contribution in [0.25, 0.3) is 20.8 Å². The SMILES string of the molecule is CCC(C)(C)CC(C)(C)CCc1cc2nc3ccc(N4CCC4)cc3sc-2cc1=O. The zero-order valence-electron chi connectivity index (χ0n) is 19.0. The summed E-state index contributed by atoms with van der Waals surface area (Å²) in [6.45, 7) is 13.9. The van der Waals surface area contributed by atoms with Crippen LogP contribution >= 0.6 is 11.3 Å². The van der Waals surface area contributed by atoms with Crippen LogP contribution in [0.15, 0.2) is 35.1 Å². The van der Waals surface area contributed by atoms with Crippen LogP contribution in [0.4, 0.5) is 5.69 Å². The molecule has 0 radical (unpaired) electrons. The first-order valence-corrected chi connectivity index (χ1v) is 12.1. The van der Waals surface area contributed by atoms with Gasteiger partial charge in [-0.25, -0.2) is 4.98 Å². The molecular formula is C26H34N2OS. The van der Waals surface area contributed by atoms with E-state index in [0.29, 0.717) is 5.41 Å². The average Bonchev–Trinajstić information content (AvgIpc) is 2.63. The predicted molar refractivity (Wildman–Crippen MR) is 130 cm³/mol. The summed E-state index contributed by atoms with van der Waals surface area (Å²) in [6, 6.07) is 10.4. The average molecular weight is 423 g/mol. The minimum Gasteiger partial charge on any atom is -0.371 e. The first-order valence-electron chi connectivity index (χ1n) is 11.3. The van der Waals surface area contributed by atoms with E-state index in [0.717, 1.165) is 52.3 Å². The number of aromatic nitrogens is 1. The second-order valence-electron chi connectivity index (χ2n) is 10.5. The molecule has 30 heavy (non-hydrogen) atoms. The van der Waals surface area contributed by atoms with Crippen molar-refractivity contribution < 1.29 is 0 Å². The minimum atomic E-state index is 0.157. The number of aryl methyl sites for hydroxylation is 1. The molecule has 3 nitrogen and oxygen atoms in total. The highest BCUT2D eigenvalue weighted by Crippen LogP contribution is 2.39. The Morgan fingerprint density at radius 2 is 1.83 bits per heavy atom.